The lowest BCUT2D eigenvalue weighted by Crippen LogP contribution is -2.12. The van der Waals surface area contributed by atoms with Gasteiger partial charge in [-0.3, -0.25) is 9.78 Å². The molecule has 0 aliphatic carbocycles. The van der Waals surface area contributed by atoms with Crippen molar-refractivity contribution in [2.45, 2.75) is 13.5 Å². The van der Waals surface area contributed by atoms with Crippen molar-refractivity contribution in [1.82, 2.24) is 4.98 Å². The lowest BCUT2D eigenvalue weighted by Gasteiger charge is -2.11. The standard InChI is InChI=1S/C15H16N2O4/c1-2-21-14-4-3-11(7-10(14)9-18)17-15(20)12-5-6-16-8-13(12)19/h3-8,18-19H,2,9H2,1H3,(H,17,20). The zero-order valence-electron chi connectivity index (χ0n) is 11.5. The van der Waals surface area contributed by atoms with Crippen molar-refractivity contribution in [2.24, 2.45) is 0 Å². The van der Waals surface area contributed by atoms with E-state index in [4.69, 9.17) is 4.74 Å². The Kier molecular flexibility index (Phi) is 4.73. The van der Waals surface area contributed by atoms with Gasteiger partial charge in [0.15, 0.2) is 0 Å². The van der Waals surface area contributed by atoms with Gasteiger partial charge in [-0.1, -0.05) is 0 Å². The van der Waals surface area contributed by atoms with Gasteiger partial charge in [0.1, 0.15) is 11.5 Å². The molecule has 0 aliphatic heterocycles. The fourth-order valence-corrected chi connectivity index (χ4v) is 1.85. The quantitative estimate of drug-likeness (QED) is 0.782. The van der Waals surface area contributed by atoms with Crippen molar-refractivity contribution in [3.8, 4) is 11.5 Å². The Morgan fingerprint density at radius 2 is 2.19 bits per heavy atom. The molecule has 2 rings (SSSR count). The summed E-state index contributed by atoms with van der Waals surface area (Å²) in [5.41, 5.74) is 1.21. The third-order valence-electron chi connectivity index (χ3n) is 2.83. The molecule has 1 amide bonds. The number of nitrogens with zero attached hydrogens (tertiary/aromatic N) is 1. The third-order valence-corrected chi connectivity index (χ3v) is 2.83. The first-order chi connectivity index (χ1) is 10.2. The fraction of sp³-hybridized carbons (Fsp3) is 0.200. The number of pyridine rings is 1. The zero-order valence-corrected chi connectivity index (χ0v) is 11.5. The minimum Gasteiger partial charge on any atom is -0.505 e. The summed E-state index contributed by atoms with van der Waals surface area (Å²) < 4.78 is 5.37. The van der Waals surface area contributed by atoms with Gasteiger partial charge < -0.3 is 20.3 Å². The summed E-state index contributed by atoms with van der Waals surface area (Å²) in [6, 6.07) is 6.39. The minimum absolute atomic E-state index is 0.129. The average molecular weight is 288 g/mol. The van der Waals surface area contributed by atoms with Crippen LogP contribution < -0.4 is 10.1 Å². The van der Waals surface area contributed by atoms with Gasteiger partial charge >= 0.3 is 0 Å². The lowest BCUT2D eigenvalue weighted by atomic mass is 10.1. The van der Waals surface area contributed by atoms with Crippen LogP contribution in [-0.4, -0.2) is 27.7 Å². The summed E-state index contributed by atoms with van der Waals surface area (Å²) in [7, 11) is 0. The van der Waals surface area contributed by atoms with Crippen LogP contribution >= 0.6 is 0 Å². The molecule has 21 heavy (non-hydrogen) atoms. The molecular weight excluding hydrogens is 272 g/mol. The second-order valence-corrected chi connectivity index (χ2v) is 4.26. The fourth-order valence-electron chi connectivity index (χ4n) is 1.85. The first-order valence-corrected chi connectivity index (χ1v) is 6.46. The average Bonchev–Trinajstić information content (AvgIpc) is 2.49. The van der Waals surface area contributed by atoms with E-state index in [9.17, 15) is 15.0 Å². The molecule has 0 atom stereocenters. The number of hydrogen-bond donors (Lipinski definition) is 3. The number of aromatic hydroxyl groups is 1. The number of rotatable bonds is 5. The second kappa shape index (κ2) is 6.71. The number of aliphatic hydroxyl groups is 1. The highest BCUT2D eigenvalue weighted by atomic mass is 16.5. The number of aliphatic hydroxyl groups excluding tert-OH is 1. The number of carbonyl (C=O) groups is 1. The van der Waals surface area contributed by atoms with E-state index in [1.54, 1.807) is 18.2 Å². The van der Waals surface area contributed by atoms with E-state index in [1.165, 1.54) is 18.5 Å². The van der Waals surface area contributed by atoms with Gasteiger partial charge in [-0.15, -0.1) is 0 Å². The van der Waals surface area contributed by atoms with Crippen LogP contribution in [0.2, 0.25) is 0 Å². The maximum absolute atomic E-state index is 12.1. The summed E-state index contributed by atoms with van der Waals surface area (Å²) in [5, 5.41) is 21.6. The van der Waals surface area contributed by atoms with E-state index in [2.05, 4.69) is 10.3 Å². The van der Waals surface area contributed by atoms with E-state index in [1.807, 2.05) is 6.92 Å². The molecule has 0 saturated heterocycles. The van der Waals surface area contributed by atoms with Crippen molar-refractivity contribution in [2.75, 3.05) is 11.9 Å². The molecule has 110 valence electrons. The molecule has 0 saturated carbocycles. The molecule has 3 N–H and O–H groups in total. The second-order valence-electron chi connectivity index (χ2n) is 4.26. The molecule has 0 fully saturated rings. The normalized spacial score (nSPS) is 10.2. The molecule has 1 aromatic heterocycles. The Balaban J connectivity index is 2.20. The topological polar surface area (TPSA) is 91.7 Å². The zero-order chi connectivity index (χ0) is 15.2. The lowest BCUT2D eigenvalue weighted by molar-refractivity contribution is 0.102. The number of carbonyl (C=O) groups excluding carboxylic acids is 1. The Labute approximate surface area is 122 Å². The maximum atomic E-state index is 12.1. The van der Waals surface area contributed by atoms with Crippen LogP contribution in [0.1, 0.15) is 22.8 Å². The van der Waals surface area contributed by atoms with Gasteiger partial charge in [0, 0.05) is 17.4 Å². The van der Waals surface area contributed by atoms with E-state index >= 15 is 0 Å². The van der Waals surface area contributed by atoms with Gasteiger partial charge in [-0.05, 0) is 31.2 Å². The summed E-state index contributed by atoms with van der Waals surface area (Å²) in [5.74, 6) is -0.0731. The van der Waals surface area contributed by atoms with Gasteiger partial charge in [0.25, 0.3) is 5.91 Å². The highest BCUT2D eigenvalue weighted by molar-refractivity contribution is 6.06. The Hall–Kier alpha value is -2.60. The first kappa shape index (κ1) is 14.8. The van der Waals surface area contributed by atoms with Crippen molar-refractivity contribution < 1.29 is 19.7 Å². The number of benzene rings is 1. The highest BCUT2D eigenvalue weighted by Gasteiger charge is 2.12. The maximum Gasteiger partial charge on any atom is 0.259 e. The van der Waals surface area contributed by atoms with Crippen molar-refractivity contribution in [1.29, 1.82) is 0 Å². The molecule has 0 unspecified atom stereocenters. The van der Waals surface area contributed by atoms with Gasteiger partial charge in [0.05, 0.1) is 25.0 Å². The number of anilines is 1. The molecule has 0 aliphatic rings. The van der Waals surface area contributed by atoms with Crippen LogP contribution in [0.15, 0.2) is 36.7 Å². The van der Waals surface area contributed by atoms with Crippen LogP contribution in [0.3, 0.4) is 0 Å². The van der Waals surface area contributed by atoms with E-state index in [-0.39, 0.29) is 17.9 Å². The van der Waals surface area contributed by atoms with E-state index < -0.39 is 5.91 Å². The number of ether oxygens (including phenoxy) is 1. The largest absolute Gasteiger partial charge is 0.505 e. The number of hydrogen-bond acceptors (Lipinski definition) is 5. The summed E-state index contributed by atoms with van der Waals surface area (Å²) in [4.78, 5) is 15.8. The van der Waals surface area contributed by atoms with E-state index in [0.717, 1.165) is 0 Å². The Bertz CT molecular complexity index is 643. The molecule has 0 spiro atoms. The van der Waals surface area contributed by atoms with Crippen molar-refractivity contribution >= 4 is 11.6 Å². The number of aromatic nitrogens is 1. The van der Waals surface area contributed by atoms with Gasteiger partial charge in [-0.25, -0.2) is 0 Å². The van der Waals surface area contributed by atoms with Crippen LogP contribution in [0.5, 0.6) is 11.5 Å². The molecule has 1 aromatic carbocycles. The third kappa shape index (κ3) is 3.49. The monoisotopic (exact) mass is 288 g/mol. The summed E-state index contributed by atoms with van der Waals surface area (Å²) >= 11 is 0. The number of nitrogens with one attached hydrogen (secondary N) is 1. The Morgan fingerprint density at radius 1 is 1.38 bits per heavy atom. The molecule has 1 heterocycles. The van der Waals surface area contributed by atoms with Crippen LogP contribution in [0, 0.1) is 0 Å². The number of amides is 1. The van der Waals surface area contributed by atoms with E-state index in [0.29, 0.717) is 23.6 Å². The predicted molar refractivity (Wildman–Crippen MR) is 77.4 cm³/mol. The van der Waals surface area contributed by atoms with Crippen LogP contribution in [0.25, 0.3) is 0 Å². The molecule has 0 bridgehead atoms. The van der Waals surface area contributed by atoms with Gasteiger partial charge in [-0.2, -0.15) is 0 Å². The predicted octanol–water partition coefficient (Wildman–Crippen LogP) is 1.93. The van der Waals surface area contributed by atoms with Crippen molar-refractivity contribution in [3.63, 3.8) is 0 Å². The smallest absolute Gasteiger partial charge is 0.259 e. The van der Waals surface area contributed by atoms with Crippen LogP contribution in [0.4, 0.5) is 5.69 Å². The minimum atomic E-state index is -0.456. The van der Waals surface area contributed by atoms with Gasteiger partial charge in [0.2, 0.25) is 0 Å². The molecule has 6 nitrogen and oxygen atoms in total. The highest BCUT2D eigenvalue weighted by Crippen LogP contribution is 2.24. The molecular formula is C15H16N2O4. The molecule has 2 aromatic rings. The first-order valence-electron chi connectivity index (χ1n) is 6.46. The SMILES string of the molecule is CCOc1ccc(NC(=O)c2ccncc2O)cc1CO. The van der Waals surface area contributed by atoms with Crippen molar-refractivity contribution in [3.05, 3.63) is 47.8 Å². The Morgan fingerprint density at radius 3 is 2.86 bits per heavy atom. The molecule has 6 heteroatoms. The summed E-state index contributed by atoms with van der Waals surface area (Å²) in [6.45, 7) is 2.15. The summed E-state index contributed by atoms with van der Waals surface area (Å²) in [6.07, 6.45) is 2.62. The molecule has 0 radical (unpaired) electrons. The van der Waals surface area contributed by atoms with Crippen LogP contribution in [-0.2, 0) is 6.61 Å².